The van der Waals surface area contributed by atoms with E-state index in [1.54, 1.807) is 12.4 Å². The van der Waals surface area contributed by atoms with Gasteiger partial charge in [0.25, 0.3) is 0 Å². The van der Waals surface area contributed by atoms with Crippen LogP contribution in [0.4, 0.5) is 10.1 Å². The summed E-state index contributed by atoms with van der Waals surface area (Å²) in [6, 6.07) is 3.81. The van der Waals surface area contributed by atoms with Crippen molar-refractivity contribution in [3.05, 3.63) is 42.7 Å². The van der Waals surface area contributed by atoms with Gasteiger partial charge in [0, 0.05) is 41.1 Å². The number of halogens is 1. The number of nitrogens with zero attached hydrogens (tertiary/aromatic N) is 2. The number of rotatable bonds is 3. The maximum atomic E-state index is 13.4. The number of fused-ring (bicyclic) bond motifs is 1. The average molecular weight is 270 g/mol. The van der Waals surface area contributed by atoms with E-state index < -0.39 is 0 Å². The Morgan fingerprint density at radius 3 is 2.85 bits per heavy atom. The zero-order chi connectivity index (χ0) is 14.1. The molecular formula is C15H15FN4. The van der Waals surface area contributed by atoms with E-state index in [4.69, 9.17) is 0 Å². The Morgan fingerprint density at radius 2 is 2.05 bits per heavy atom. The lowest BCUT2D eigenvalue weighted by molar-refractivity contribution is 0.624. The van der Waals surface area contributed by atoms with Crippen LogP contribution < -0.4 is 5.32 Å². The number of aromatic nitrogens is 3. The van der Waals surface area contributed by atoms with Crippen molar-refractivity contribution in [3.63, 3.8) is 0 Å². The first-order valence-corrected chi connectivity index (χ1v) is 6.48. The second-order valence-corrected chi connectivity index (χ2v) is 5.01. The van der Waals surface area contributed by atoms with Crippen LogP contribution in [0.25, 0.3) is 22.2 Å². The summed E-state index contributed by atoms with van der Waals surface area (Å²) < 4.78 is 13.4. The number of anilines is 1. The highest BCUT2D eigenvalue weighted by Crippen LogP contribution is 2.29. The lowest BCUT2D eigenvalue weighted by atomic mass is 10.1. The third kappa shape index (κ3) is 2.34. The molecule has 0 aliphatic heterocycles. The van der Waals surface area contributed by atoms with E-state index in [9.17, 15) is 4.39 Å². The van der Waals surface area contributed by atoms with Gasteiger partial charge in [0.2, 0.25) is 0 Å². The van der Waals surface area contributed by atoms with Crippen molar-refractivity contribution in [2.75, 3.05) is 5.32 Å². The van der Waals surface area contributed by atoms with Gasteiger partial charge in [0.1, 0.15) is 11.5 Å². The van der Waals surface area contributed by atoms with E-state index in [1.165, 1.54) is 12.3 Å². The first kappa shape index (κ1) is 12.6. The second-order valence-electron chi connectivity index (χ2n) is 5.01. The normalized spacial score (nSPS) is 11.2. The minimum Gasteiger partial charge on any atom is -0.382 e. The quantitative estimate of drug-likeness (QED) is 0.764. The van der Waals surface area contributed by atoms with Crippen molar-refractivity contribution in [3.8, 4) is 11.1 Å². The lowest BCUT2D eigenvalue weighted by Gasteiger charge is -2.10. The standard InChI is InChI=1S/C15H15FN4/c1-9(2)20-12-3-10(5-17-7-12)14-8-19-15-13(14)4-11(16)6-18-15/h3-9,20H,1-2H3,(H,18,19). The summed E-state index contributed by atoms with van der Waals surface area (Å²) >= 11 is 0. The molecule has 0 fully saturated rings. The maximum Gasteiger partial charge on any atom is 0.142 e. The molecule has 0 unspecified atom stereocenters. The molecule has 0 amide bonds. The Hall–Kier alpha value is -2.43. The summed E-state index contributed by atoms with van der Waals surface area (Å²) in [6.07, 6.45) is 6.57. The van der Waals surface area contributed by atoms with E-state index in [0.717, 1.165) is 22.2 Å². The van der Waals surface area contributed by atoms with E-state index in [1.807, 2.05) is 12.3 Å². The lowest BCUT2D eigenvalue weighted by Crippen LogP contribution is -2.09. The Bertz CT molecular complexity index is 748. The molecule has 0 saturated heterocycles. The van der Waals surface area contributed by atoms with E-state index >= 15 is 0 Å². The van der Waals surface area contributed by atoms with Crippen LogP contribution in [0.5, 0.6) is 0 Å². The number of nitrogens with one attached hydrogen (secondary N) is 2. The molecule has 0 saturated carbocycles. The first-order valence-electron chi connectivity index (χ1n) is 6.48. The number of pyridine rings is 2. The third-order valence-corrected chi connectivity index (χ3v) is 3.00. The topological polar surface area (TPSA) is 53.6 Å². The highest BCUT2D eigenvalue weighted by molar-refractivity contribution is 5.93. The van der Waals surface area contributed by atoms with E-state index in [0.29, 0.717) is 11.7 Å². The van der Waals surface area contributed by atoms with Crippen LogP contribution in [0.3, 0.4) is 0 Å². The second kappa shape index (κ2) is 4.92. The van der Waals surface area contributed by atoms with Gasteiger partial charge in [-0.15, -0.1) is 0 Å². The van der Waals surface area contributed by atoms with Crippen LogP contribution in [-0.4, -0.2) is 21.0 Å². The van der Waals surface area contributed by atoms with Crippen LogP contribution in [0.15, 0.2) is 36.9 Å². The molecular weight excluding hydrogens is 255 g/mol. The number of H-pyrrole nitrogens is 1. The summed E-state index contributed by atoms with van der Waals surface area (Å²) in [5, 5.41) is 4.06. The van der Waals surface area contributed by atoms with Gasteiger partial charge in [-0.2, -0.15) is 0 Å². The zero-order valence-electron chi connectivity index (χ0n) is 11.3. The van der Waals surface area contributed by atoms with Crippen molar-refractivity contribution < 1.29 is 4.39 Å². The molecule has 102 valence electrons. The molecule has 0 spiro atoms. The smallest absolute Gasteiger partial charge is 0.142 e. The van der Waals surface area contributed by atoms with Crippen molar-refractivity contribution in [1.29, 1.82) is 0 Å². The molecule has 0 aliphatic carbocycles. The van der Waals surface area contributed by atoms with Crippen molar-refractivity contribution >= 4 is 16.7 Å². The summed E-state index contributed by atoms with van der Waals surface area (Å²) in [5.41, 5.74) is 3.43. The van der Waals surface area contributed by atoms with Gasteiger partial charge in [-0.25, -0.2) is 9.37 Å². The summed E-state index contributed by atoms with van der Waals surface area (Å²) in [6.45, 7) is 4.13. The SMILES string of the molecule is CC(C)Nc1cncc(-c2c[nH]c3ncc(F)cc23)c1. The monoisotopic (exact) mass is 270 g/mol. The minimum absolute atomic E-state index is 0.328. The number of hydrogen-bond acceptors (Lipinski definition) is 3. The van der Waals surface area contributed by atoms with Gasteiger partial charge in [-0.1, -0.05) is 0 Å². The third-order valence-electron chi connectivity index (χ3n) is 3.00. The van der Waals surface area contributed by atoms with Gasteiger partial charge in [0.05, 0.1) is 11.9 Å². The predicted molar refractivity (Wildman–Crippen MR) is 78.0 cm³/mol. The molecule has 0 bridgehead atoms. The highest BCUT2D eigenvalue weighted by Gasteiger charge is 2.09. The van der Waals surface area contributed by atoms with Gasteiger partial charge in [0.15, 0.2) is 0 Å². The fourth-order valence-electron chi connectivity index (χ4n) is 2.22. The molecule has 3 aromatic heterocycles. The molecule has 3 aromatic rings. The van der Waals surface area contributed by atoms with Crippen LogP contribution >= 0.6 is 0 Å². The summed E-state index contributed by atoms with van der Waals surface area (Å²) in [5.74, 6) is -0.345. The Kier molecular flexibility index (Phi) is 3.10. The van der Waals surface area contributed by atoms with Crippen molar-refractivity contribution in [2.45, 2.75) is 19.9 Å². The van der Waals surface area contributed by atoms with Crippen LogP contribution in [0.1, 0.15) is 13.8 Å². The maximum absolute atomic E-state index is 13.4. The van der Waals surface area contributed by atoms with Gasteiger partial charge >= 0.3 is 0 Å². The number of aromatic amines is 1. The molecule has 0 radical (unpaired) electrons. The molecule has 0 atom stereocenters. The molecule has 2 N–H and O–H groups in total. The molecule has 5 heteroatoms. The zero-order valence-corrected chi connectivity index (χ0v) is 11.3. The number of hydrogen-bond donors (Lipinski definition) is 2. The fourth-order valence-corrected chi connectivity index (χ4v) is 2.22. The molecule has 3 heterocycles. The largest absolute Gasteiger partial charge is 0.382 e. The van der Waals surface area contributed by atoms with Crippen LogP contribution in [0.2, 0.25) is 0 Å². The van der Waals surface area contributed by atoms with E-state index in [2.05, 4.69) is 34.1 Å². The van der Waals surface area contributed by atoms with Gasteiger partial charge in [-0.3, -0.25) is 4.98 Å². The average Bonchev–Trinajstić information content (AvgIpc) is 2.81. The van der Waals surface area contributed by atoms with Crippen molar-refractivity contribution in [1.82, 2.24) is 15.0 Å². The molecule has 3 rings (SSSR count). The molecule has 0 aliphatic rings. The first-order chi connectivity index (χ1) is 9.63. The summed E-state index contributed by atoms with van der Waals surface area (Å²) in [7, 11) is 0. The Morgan fingerprint density at radius 1 is 1.20 bits per heavy atom. The van der Waals surface area contributed by atoms with E-state index in [-0.39, 0.29) is 5.82 Å². The minimum atomic E-state index is -0.345. The van der Waals surface area contributed by atoms with Gasteiger partial charge < -0.3 is 10.3 Å². The Labute approximate surface area is 116 Å². The van der Waals surface area contributed by atoms with Crippen LogP contribution in [0, 0.1) is 5.82 Å². The Balaban J connectivity index is 2.08. The summed E-state index contributed by atoms with van der Waals surface area (Å²) in [4.78, 5) is 11.3. The molecule has 20 heavy (non-hydrogen) atoms. The predicted octanol–water partition coefficient (Wildman–Crippen LogP) is 3.58. The van der Waals surface area contributed by atoms with Crippen LogP contribution in [-0.2, 0) is 0 Å². The molecule has 4 nitrogen and oxygen atoms in total. The fraction of sp³-hybridized carbons (Fsp3) is 0.200. The molecule has 0 aromatic carbocycles. The van der Waals surface area contributed by atoms with Gasteiger partial charge in [-0.05, 0) is 26.0 Å². The van der Waals surface area contributed by atoms with Crippen molar-refractivity contribution in [2.24, 2.45) is 0 Å². The highest BCUT2D eigenvalue weighted by atomic mass is 19.1.